The quantitative estimate of drug-likeness (QED) is 0.684. The number of hydrogen-bond acceptors (Lipinski definition) is 3. The lowest BCUT2D eigenvalue weighted by Gasteiger charge is -2.29. The Morgan fingerprint density at radius 3 is 2.65 bits per heavy atom. The number of nitrogen functional groups attached to an aromatic ring is 1. The fourth-order valence-corrected chi connectivity index (χ4v) is 2.56. The fraction of sp³-hybridized carbons (Fsp3) is 0.235. The number of fused-ring (bicyclic) bond motifs is 1. The SMILES string of the molecule is Nc1ccc(CC(=O)OCC2Cc3ccccc32)cc1. The smallest absolute Gasteiger partial charge is 0.310 e. The molecular formula is C17H17NO2. The molecule has 0 spiro atoms. The van der Waals surface area contributed by atoms with Crippen molar-refractivity contribution in [2.75, 3.05) is 12.3 Å². The molecule has 3 rings (SSSR count). The van der Waals surface area contributed by atoms with Gasteiger partial charge in [0.15, 0.2) is 0 Å². The lowest BCUT2D eigenvalue weighted by Crippen LogP contribution is -2.23. The highest BCUT2D eigenvalue weighted by molar-refractivity contribution is 5.72. The van der Waals surface area contributed by atoms with E-state index in [2.05, 4.69) is 12.1 Å². The lowest BCUT2D eigenvalue weighted by molar-refractivity contribution is -0.143. The maximum Gasteiger partial charge on any atom is 0.310 e. The van der Waals surface area contributed by atoms with Crippen molar-refractivity contribution >= 4 is 11.7 Å². The minimum Gasteiger partial charge on any atom is -0.465 e. The number of esters is 1. The summed E-state index contributed by atoms with van der Waals surface area (Å²) in [6, 6.07) is 15.6. The summed E-state index contributed by atoms with van der Waals surface area (Å²) in [4.78, 5) is 11.8. The van der Waals surface area contributed by atoms with Gasteiger partial charge < -0.3 is 10.5 Å². The van der Waals surface area contributed by atoms with Gasteiger partial charge in [0, 0.05) is 11.6 Å². The molecule has 20 heavy (non-hydrogen) atoms. The summed E-state index contributed by atoms with van der Waals surface area (Å²) >= 11 is 0. The number of rotatable bonds is 4. The normalized spacial score (nSPS) is 16.1. The van der Waals surface area contributed by atoms with Crippen LogP contribution in [0.4, 0.5) is 5.69 Å². The Balaban J connectivity index is 1.50. The van der Waals surface area contributed by atoms with Crippen LogP contribution in [0.5, 0.6) is 0 Å². The van der Waals surface area contributed by atoms with E-state index in [1.807, 2.05) is 24.3 Å². The zero-order chi connectivity index (χ0) is 13.9. The summed E-state index contributed by atoms with van der Waals surface area (Å²) in [5, 5.41) is 0. The highest BCUT2D eigenvalue weighted by atomic mass is 16.5. The van der Waals surface area contributed by atoms with Crippen molar-refractivity contribution in [3.63, 3.8) is 0 Å². The van der Waals surface area contributed by atoms with Crippen molar-refractivity contribution in [2.45, 2.75) is 18.8 Å². The van der Waals surface area contributed by atoms with Gasteiger partial charge in [-0.1, -0.05) is 36.4 Å². The molecule has 0 saturated heterocycles. The first-order chi connectivity index (χ1) is 9.72. The van der Waals surface area contributed by atoms with Gasteiger partial charge in [-0.15, -0.1) is 0 Å². The van der Waals surface area contributed by atoms with E-state index in [0.717, 1.165) is 12.0 Å². The molecule has 1 aliphatic rings. The zero-order valence-corrected chi connectivity index (χ0v) is 11.2. The summed E-state index contributed by atoms with van der Waals surface area (Å²) in [5.74, 6) is 0.181. The van der Waals surface area contributed by atoms with E-state index in [1.54, 1.807) is 12.1 Å². The second-order valence-corrected chi connectivity index (χ2v) is 5.20. The molecule has 0 aliphatic heterocycles. The van der Waals surface area contributed by atoms with E-state index in [9.17, 15) is 4.79 Å². The Kier molecular flexibility index (Phi) is 3.42. The molecule has 2 N–H and O–H groups in total. The molecule has 0 saturated carbocycles. The molecule has 3 heteroatoms. The van der Waals surface area contributed by atoms with Gasteiger partial charge >= 0.3 is 5.97 Å². The van der Waals surface area contributed by atoms with Crippen LogP contribution in [0, 0.1) is 0 Å². The van der Waals surface area contributed by atoms with Crippen molar-refractivity contribution in [1.29, 1.82) is 0 Å². The number of carbonyl (C=O) groups excluding carboxylic acids is 1. The summed E-state index contributed by atoms with van der Waals surface area (Å²) in [5.41, 5.74) is 9.92. The Labute approximate surface area is 118 Å². The van der Waals surface area contributed by atoms with Crippen LogP contribution in [0.2, 0.25) is 0 Å². The van der Waals surface area contributed by atoms with Crippen LogP contribution >= 0.6 is 0 Å². The number of benzene rings is 2. The highest BCUT2D eigenvalue weighted by Crippen LogP contribution is 2.34. The molecule has 0 aromatic heterocycles. The van der Waals surface area contributed by atoms with Crippen molar-refractivity contribution < 1.29 is 9.53 Å². The first kappa shape index (κ1) is 12.7. The van der Waals surface area contributed by atoms with E-state index < -0.39 is 0 Å². The van der Waals surface area contributed by atoms with Crippen molar-refractivity contribution in [1.82, 2.24) is 0 Å². The average Bonchev–Trinajstić information content (AvgIpc) is 2.42. The average molecular weight is 267 g/mol. The molecular weight excluding hydrogens is 250 g/mol. The van der Waals surface area contributed by atoms with Crippen molar-refractivity contribution in [2.24, 2.45) is 0 Å². The van der Waals surface area contributed by atoms with Crippen LogP contribution in [0.25, 0.3) is 0 Å². The summed E-state index contributed by atoms with van der Waals surface area (Å²) < 4.78 is 5.37. The third-order valence-electron chi connectivity index (χ3n) is 3.73. The maximum absolute atomic E-state index is 11.8. The standard InChI is InChI=1S/C17H17NO2/c18-15-7-5-12(6-8-15)9-17(19)20-11-14-10-13-3-1-2-4-16(13)14/h1-8,14H,9-11,18H2. The second-order valence-electron chi connectivity index (χ2n) is 5.20. The molecule has 0 amide bonds. The Morgan fingerprint density at radius 1 is 1.15 bits per heavy atom. The molecule has 1 atom stereocenters. The van der Waals surface area contributed by atoms with Crippen LogP contribution in [-0.2, 0) is 22.4 Å². The minimum absolute atomic E-state index is 0.181. The molecule has 2 aromatic rings. The van der Waals surface area contributed by atoms with Gasteiger partial charge in [-0.25, -0.2) is 0 Å². The van der Waals surface area contributed by atoms with Crippen LogP contribution in [0.3, 0.4) is 0 Å². The topological polar surface area (TPSA) is 52.3 Å². The summed E-state index contributed by atoms with van der Waals surface area (Å²) in [7, 11) is 0. The molecule has 2 aromatic carbocycles. The predicted octanol–water partition coefficient (Wildman–Crippen LogP) is 2.69. The Bertz CT molecular complexity index is 619. The van der Waals surface area contributed by atoms with E-state index in [4.69, 9.17) is 10.5 Å². The van der Waals surface area contributed by atoms with E-state index in [1.165, 1.54) is 11.1 Å². The van der Waals surface area contributed by atoms with Crippen LogP contribution in [0.1, 0.15) is 22.6 Å². The first-order valence-corrected chi connectivity index (χ1v) is 6.80. The van der Waals surface area contributed by atoms with Gasteiger partial charge in [0.1, 0.15) is 0 Å². The monoisotopic (exact) mass is 267 g/mol. The van der Waals surface area contributed by atoms with Crippen molar-refractivity contribution in [3.8, 4) is 0 Å². The van der Waals surface area contributed by atoms with Gasteiger partial charge in [-0.3, -0.25) is 4.79 Å². The molecule has 1 aliphatic carbocycles. The number of hydrogen-bond donors (Lipinski definition) is 1. The molecule has 3 nitrogen and oxygen atoms in total. The van der Waals surface area contributed by atoms with Gasteiger partial charge in [0.05, 0.1) is 13.0 Å². The van der Waals surface area contributed by atoms with Crippen molar-refractivity contribution in [3.05, 3.63) is 65.2 Å². The first-order valence-electron chi connectivity index (χ1n) is 6.80. The fourth-order valence-electron chi connectivity index (χ4n) is 2.56. The van der Waals surface area contributed by atoms with Crippen LogP contribution in [-0.4, -0.2) is 12.6 Å². The van der Waals surface area contributed by atoms with E-state index >= 15 is 0 Å². The lowest BCUT2D eigenvalue weighted by atomic mass is 9.78. The number of ether oxygens (including phenoxy) is 1. The third kappa shape index (κ3) is 2.67. The van der Waals surface area contributed by atoms with Gasteiger partial charge in [0.25, 0.3) is 0 Å². The largest absolute Gasteiger partial charge is 0.465 e. The number of nitrogens with two attached hydrogens (primary N) is 1. The summed E-state index contributed by atoms with van der Waals surface area (Å²) in [6.07, 6.45) is 1.31. The van der Waals surface area contributed by atoms with Crippen LogP contribution < -0.4 is 5.73 Å². The highest BCUT2D eigenvalue weighted by Gasteiger charge is 2.26. The second kappa shape index (κ2) is 5.37. The molecule has 0 bridgehead atoms. The van der Waals surface area contributed by atoms with Gasteiger partial charge in [-0.05, 0) is 35.2 Å². The van der Waals surface area contributed by atoms with Crippen LogP contribution in [0.15, 0.2) is 48.5 Å². The summed E-state index contributed by atoms with van der Waals surface area (Å²) in [6.45, 7) is 0.477. The van der Waals surface area contributed by atoms with E-state index in [0.29, 0.717) is 24.6 Å². The third-order valence-corrected chi connectivity index (χ3v) is 3.73. The number of anilines is 1. The molecule has 102 valence electrons. The van der Waals surface area contributed by atoms with Gasteiger partial charge in [-0.2, -0.15) is 0 Å². The zero-order valence-electron chi connectivity index (χ0n) is 11.2. The molecule has 0 radical (unpaired) electrons. The maximum atomic E-state index is 11.8. The number of carbonyl (C=O) groups is 1. The van der Waals surface area contributed by atoms with Gasteiger partial charge in [0.2, 0.25) is 0 Å². The molecule has 1 unspecified atom stereocenters. The Hall–Kier alpha value is -2.29. The molecule has 0 fully saturated rings. The minimum atomic E-state index is -0.181. The Morgan fingerprint density at radius 2 is 1.90 bits per heavy atom. The molecule has 0 heterocycles. The van der Waals surface area contributed by atoms with E-state index in [-0.39, 0.29) is 5.97 Å². The predicted molar refractivity (Wildman–Crippen MR) is 78.4 cm³/mol.